The van der Waals surface area contributed by atoms with E-state index in [4.69, 9.17) is 14.6 Å². The van der Waals surface area contributed by atoms with Crippen LogP contribution < -0.4 is 20.1 Å². The Morgan fingerprint density at radius 2 is 2.08 bits per heavy atom. The molecule has 1 aliphatic heterocycles. The maximum atomic E-state index is 13.2. The van der Waals surface area contributed by atoms with Crippen molar-refractivity contribution in [3.8, 4) is 11.5 Å². The molecule has 11 heteroatoms. The van der Waals surface area contributed by atoms with Gasteiger partial charge < -0.3 is 25.2 Å². The molecule has 40 heavy (non-hydrogen) atoms. The van der Waals surface area contributed by atoms with Gasteiger partial charge >= 0.3 is 6.09 Å². The standard InChI is InChI=1S/C29H31N5O5S/c1-18-12-16-40-27(18)28(35)31-25-19(7-9-23-21-5-3-4-6-22(21)32-33-23)8-10-24(26(25)38-2)39-15-14-34-13-11-20(17-34)30-29(36)37/h3-10,12,16,20,30H,11,13-15,17H2,1-2H3,(H,31,35)(H,32,33)(H,36,37)/b9-7+/t20-/m1/s1. The molecule has 208 valence electrons. The molecular weight excluding hydrogens is 530 g/mol. The van der Waals surface area contributed by atoms with Crippen LogP contribution in [0.4, 0.5) is 10.5 Å². The van der Waals surface area contributed by atoms with Crippen LogP contribution in [0.3, 0.4) is 0 Å². The fraction of sp³-hybridized carbons (Fsp3) is 0.276. The van der Waals surface area contributed by atoms with Crippen molar-refractivity contribution in [2.45, 2.75) is 19.4 Å². The molecule has 1 atom stereocenters. The largest absolute Gasteiger partial charge is 0.491 e. The van der Waals surface area contributed by atoms with E-state index in [2.05, 4.69) is 25.7 Å². The highest BCUT2D eigenvalue weighted by molar-refractivity contribution is 7.12. The summed E-state index contributed by atoms with van der Waals surface area (Å²) in [6.45, 7) is 4.34. The number of H-pyrrole nitrogens is 1. The number of nitrogens with zero attached hydrogens (tertiary/aromatic N) is 2. The Hall–Kier alpha value is -4.35. The second kappa shape index (κ2) is 12.2. The van der Waals surface area contributed by atoms with E-state index in [1.165, 1.54) is 11.3 Å². The molecule has 2 amide bonds. The number of hydrogen-bond acceptors (Lipinski definition) is 7. The van der Waals surface area contributed by atoms with Crippen molar-refractivity contribution in [3.05, 3.63) is 69.5 Å². The number of aryl methyl sites for hydroxylation is 1. The van der Waals surface area contributed by atoms with E-state index in [-0.39, 0.29) is 11.9 Å². The molecule has 3 heterocycles. The number of hydrogen-bond donors (Lipinski definition) is 4. The average molecular weight is 562 g/mol. The number of benzene rings is 2. The maximum absolute atomic E-state index is 13.2. The highest BCUT2D eigenvalue weighted by Gasteiger charge is 2.24. The number of ether oxygens (including phenoxy) is 2. The predicted molar refractivity (Wildman–Crippen MR) is 157 cm³/mol. The Kier molecular flexibility index (Phi) is 8.32. The number of likely N-dealkylation sites (tertiary alicyclic amines) is 1. The minimum atomic E-state index is -1.00. The van der Waals surface area contributed by atoms with Crippen LogP contribution in [-0.4, -0.2) is 71.6 Å². The first kappa shape index (κ1) is 27.2. The van der Waals surface area contributed by atoms with E-state index in [0.717, 1.165) is 40.7 Å². The lowest BCUT2D eigenvalue weighted by molar-refractivity contribution is 0.102. The summed E-state index contributed by atoms with van der Waals surface area (Å²) >= 11 is 1.38. The van der Waals surface area contributed by atoms with Crippen LogP contribution >= 0.6 is 11.3 Å². The van der Waals surface area contributed by atoms with Crippen molar-refractivity contribution < 1.29 is 24.2 Å². The number of methoxy groups -OCH3 is 1. The predicted octanol–water partition coefficient (Wildman–Crippen LogP) is 5.08. The molecular formula is C29H31N5O5S. The van der Waals surface area contributed by atoms with Gasteiger partial charge in [-0.1, -0.05) is 24.3 Å². The van der Waals surface area contributed by atoms with Crippen molar-refractivity contribution >= 4 is 52.1 Å². The molecule has 1 fully saturated rings. The fourth-order valence-corrected chi connectivity index (χ4v) is 5.65. The minimum absolute atomic E-state index is 0.0766. The van der Waals surface area contributed by atoms with E-state index in [9.17, 15) is 9.59 Å². The molecule has 1 aliphatic rings. The van der Waals surface area contributed by atoms with Gasteiger partial charge in [-0.15, -0.1) is 11.3 Å². The monoisotopic (exact) mass is 561 g/mol. The summed E-state index contributed by atoms with van der Waals surface area (Å²) in [6, 6.07) is 13.4. The van der Waals surface area contributed by atoms with E-state index in [1.54, 1.807) is 7.11 Å². The van der Waals surface area contributed by atoms with E-state index in [1.807, 2.05) is 66.9 Å². The number of thiophene rings is 1. The van der Waals surface area contributed by atoms with Gasteiger partial charge in [-0.3, -0.25) is 14.8 Å². The van der Waals surface area contributed by atoms with Gasteiger partial charge in [0.05, 0.1) is 28.9 Å². The summed E-state index contributed by atoms with van der Waals surface area (Å²) < 4.78 is 11.9. The summed E-state index contributed by atoms with van der Waals surface area (Å²) in [4.78, 5) is 26.9. The molecule has 0 saturated carbocycles. The number of aromatic nitrogens is 2. The number of carbonyl (C=O) groups is 2. The zero-order valence-corrected chi connectivity index (χ0v) is 23.1. The first-order valence-corrected chi connectivity index (χ1v) is 13.8. The number of amides is 2. The number of fused-ring (bicyclic) bond motifs is 1. The van der Waals surface area contributed by atoms with Crippen molar-refractivity contribution in [3.63, 3.8) is 0 Å². The molecule has 4 N–H and O–H groups in total. The molecule has 0 aliphatic carbocycles. The molecule has 0 unspecified atom stereocenters. The Morgan fingerprint density at radius 1 is 1.23 bits per heavy atom. The fourth-order valence-electron chi connectivity index (χ4n) is 4.83. The van der Waals surface area contributed by atoms with Crippen molar-refractivity contribution in [1.29, 1.82) is 0 Å². The molecule has 0 radical (unpaired) electrons. The molecule has 2 aromatic heterocycles. The third-order valence-electron chi connectivity index (χ3n) is 6.85. The summed E-state index contributed by atoms with van der Waals surface area (Å²) in [5.74, 6) is 0.697. The lowest BCUT2D eigenvalue weighted by Gasteiger charge is -2.19. The quantitative estimate of drug-likeness (QED) is 0.212. The number of rotatable bonds is 10. The maximum Gasteiger partial charge on any atom is 0.404 e. The highest BCUT2D eigenvalue weighted by atomic mass is 32.1. The number of anilines is 1. The van der Waals surface area contributed by atoms with Gasteiger partial charge in [0.1, 0.15) is 6.61 Å². The van der Waals surface area contributed by atoms with E-state index < -0.39 is 6.09 Å². The Bertz CT molecular complexity index is 1540. The first-order chi connectivity index (χ1) is 19.4. The van der Waals surface area contributed by atoms with Gasteiger partial charge in [-0.25, -0.2) is 4.79 Å². The van der Waals surface area contributed by atoms with Crippen molar-refractivity contribution in [2.24, 2.45) is 0 Å². The minimum Gasteiger partial charge on any atom is -0.491 e. The van der Waals surface area contributed by atoms with Crippen LogP contribution in [0.5, 0.6) is 11.5 Å². The third-order valence-corrected chi connectivity index (χ3v) is 7.87. The number of carbonyl (C=O) groups excluding carboxylic acids is 1. The molecule has 1 saturated heterocycles. The zero-order chi connectivity index (χ0) is 28.1. The number of para-hydroxylation sites is 1. The van der Waals surface area contributed by atoms with E-state index >= 15 is 0 Å². The van der Waals surface area contributed by atoms with Gasteiger partial charge in [0.2, 0.25) is 0 Å². The van der Waals surface area contributed by atoms with Gasteiger partial charge in [-0.05, 0) is 54.6 Å². The van der Waals surface area contributed by atoms with Gasteiger partial charge in [0.15, 0.2) is 11.5 Å². The van der Waals surface area contributed by atoms with Crippen molar-refractivity contribution in [1.82, 2.24) is 20.4 Å². The number of aromatic amines is 1. The van der Waals surface area contributed by atoms with Crippen LogP contribution in [0.1, 0.15) is 32.9 Å². The molecule has 0 spiro atoms. The van der Waals surface area contributed by atoms with Crippen LogP contribution in [0.25, 0.3) is 23.1 Å². The van der Waals surface area contributed by atoms with Crippen LogP contribution in [-0.2, 0) is 0 Å². The van der Waals surface area contributed by atoms with E-state index in [0.29, 0.717) is 41.8 Å². The molecule has 0 bridgehead atoms. The van der Waals surface area contributed by atoms with Gasteiger partial charge in [0, 0.05) is 36.6 Å². The smallest absolute Gasteiger partial charge is 0.404 e. The number of carboxylic acid groups (broad SMARTS) is 1. The lowest BCUT2D eigenvalue weighted by atomic mass is 10.1. The summed E-state index contributed by atoms with van der Waals surface area (Å²) in [6.07, 6.45) is 3.55. The second-order valence-electron chi connectivity index (χ2n) is 9.52. The van der Waals surface area contributed by atoms with Gasteiger partial charge in [-0.2, -0.15) is 5.10 Å². The van der Waals surface area contributed by atoms with Crippen LogP contribution in [0.15, 0.2) is 47.8 Å². The van der Waals surface area contributed by atoms with Crippen LogP contribution in [0.2, 0.25) is 0 Å². The number of nitrogens with one attached hydrogen (secondary N) is 3. The van der Waals surface area contributed by atoms with Gasteiger partial charge in [0.25, 0.3) is 5.91 Å². The first-order valence-electron chi connectivity index (χ1n) is 12.9. The topological polar surface area (TPSA) is 129 Å². The normalized spacial score (nSPS) is 15.5. The lowest BCUT2D eigenvalue weighted by Crippen LogP contribution is -2.36. The summed E-state index contributed by atoms with van der Waals surface area (Å²) in [5, 5.41) is 24.9. The Balaban J connectivity index is 1.38. The Morgan fingerprint density at radius 3 is 2.85 bits per heavy atom. The third kappa shape index (κ3) is 6.11. The zero-order valence-electron chi connectivity index (χ0n) is 22.3. The highest BCUT2D eigenvalue weighted by Crippen LogP contribution is 2.40. The molecule has 5 rings (SSSR count). The molecule has 4 aromatic rings. The summed E-state index contributed by atoms with van der Waals surface area (Å²) in [5.41, 5.74) is 3.85. The van der Waals surface area contributed by atoms with Crippen molar-refractivity contribution in [2.75, 3.05) is 38.7 Å². The van der Waals surface area contributed by atoms with Crippen LogP contribution in [0, 0.1) is 6.92 Å². The SMILES string of the molecule is COc1c(OCCN2CC[C@@H](NC(=O)O)C2)ccc(/C=C/c2n[nH]c3ccccc23)c1NC(=O)c1sccc1C. The second-order valence-corrected chi connectivity index (χ2v) is 10.4. The Labute approximate surface area is 235 Å². The summed E-state index contributed by atoms with van der Waals surface area (Å²) in [7, 11) is 1.55. The molecule has 10 nitrogen and oxygen atoms in total. The average Bonchev–Trinajstić information content (AvgIpc) is 3.68. The molecule has 2 aromatic carbocycles.